The highest BCUT2D eigenvalue weighted by molar-refractivity contribution is 5.85. The quantitative estimate of drug-likeness (QED) is 0.771. The van der Waals surface area contributed by atoms with Crippen LogP contribution in [-0.4, -0.2) is 47.3 Å². The molecule has 1 aromatic heterocycles. The number of piperazine rings is 1. The third kappa shape index (κ3) is 5.31. The number of aryl methyl sites for hydroxylation is 1. The Kier molecular flexibility index (Phi) is 7.82. The number of hydrogen-bond acceptors (Lipinski definition) is 5. The van der Waals surface area contributed by atoms with Crippen LogP contribution in [0.4, 0.5) is 8.78 Å². The normalized spacial score (nSPS) is 17.6. The minimum atomic E-state index is -2.87. The molecule has 1 aliphatic heterocycles. The summed E-state index contributed by atoms with van der Waals surface area (Å²) >= 11 is 0. The van der Waals surface area contributed by atoms with Crippen LogP contribution >= 0.6 is 12.4 Å². The SMILES string of the molecule is CCOc1cc(CN2CCNCC2c2nccn2C)ccc1OC(F)F.Cl. The minimum absolute atomic E-state index is 0. The first-order valence-electron chi connectivity index (χ1n) is 8.71. The van der Waals surface area contributed by atoms with Crippen LogP contribution in [-0.2, 0) is 13.6 Å². The maximum absolute atomic E-state index is 12.6. The van der Waals surface area contributed by atoms with Gasteiger partial charge in [0.25, 0.3) is 0 Å². The molecule has 9 heteroatoms. The Morgan fingerprint density at radius 1 is 1.33 bits per heavy atom. The number of nitrogens with zero attached hydrogens (tertiary/aromatic N) is 3. The van der Waals surface area contributed by atoms with Crippen molar-refractivity contribution in [2.45, 2.75) is 26.1 Å². The zero-order valence-electron chi connectivity index (χ0n) is 15.4. The fourth-order valence-electron chi connectivity index (χ4n) is 3.24. The van der Waals surface area contributed by atoms with Gasteiger partial charge in [-0.25, -0.2) is 4.98 Å². The van der Waals surface area contributed by atoms with E-state index >= 15 is 0 Å². The highest BCUT2D eigenvalue weighted by atomic mass is 35.5. The van der Waals surface area contributed by atoms with Gasteiger partial charge in [-0.15, -0.1) is 12.4 Å². The van der Waals surface area contributed by atoms with E-state index in [1.165, 1.54) is 0 Å². The number of rotatable bonds is 7. The molecule has 0 radical (unpaired) electrons. The summed E-state index contributed by atoms with van der Waals surface area (Å²) in [6.45, 7) is 2.58. The summed E-state index contributed by atoms with van der Waals surface area (Å²) in [5.74, 6) is 1.40. The van der Waals surface area contributed by atoms with Crippen molar-refractivity contribution in [1.82, 2.24) is 19.8 Å². The molecule has 1 fully saturated rings. The third-order valence-corrected chi connectivity index (χ3v) is 4.42. The molecule has 1 aromatic carbocycles. The maximum Gasteiger partial charge on any atom is 0.387 e. The predicted molar refractivity (Wildman–Crippen MR) is 101 cm³/mol. The van der Waals surface area contributed by atoms with Gasteiger partial charge in [-0.1, -0.05) is 6.07 Å². The average molecular weight is 403 g/mol. The highest BCUT2D eigenvalue weighted by Gasteiger charge is 2.27. The number of ether oxygens (including phenoxy) is 2. The van der Waals surface area contributed by atoms with Gasteiger partial charge in [0, 0.05) is 45.6 Å². The van der Waals surface area contributed by atoms with Gasteiger partial charge in [-0.3, -0.25) is 4.90 Å². The van der Waals surface area contributed by atoms with E-state index in [1.54, 1.807) is 24.4 Å². The van der Waals surface area contributed by atoms with Crippen molar-refractivity contribution in [3.05, 3.63) is 42.0 Å². The van der Waals surface area contributed by atoms with Crippen molar-refractivity contribution < 1.29 is 18.3 Å². The summed E-state index contributed by atoms with van der Waals surface area (Å²) in [4.78, 5) is 6.81. The van der Waals surface area contributed by atoms with Gasteiger partial charge in [-0.05, 0) is 24.6 Å². The molecule has 0 saturated carbocycles. The van der Waals surface area contributed by atoms with Crippen LogP contribution in [0, 0.1) is 0 Å². The van der Waals surface area contributed by atoms with Crippen molar-refractivity contribution in [3.63, 3.8) is 0 Å². The molecule has 3 rings (SSSR count). The van der Waals surface area contributed by atoms with Crippen molar-refractivity contribution >= 4 is 12.4 Å². The number of alkyl halides is 2. The lowest BCUT2D eigenvalue weighted by Gasteiger charge is -2.35. The van der Waals surface area contributed by atoms with Gasteiger partial charge in [0.2, 0.25) is 0 Å². The van der Waals surface area contributed by atoms with Crippen molar-refractivity contribution in [1.29, 1.82) is 0 Å². The molecule has 1 saturated heterocycles. The van der Waals surface area contributed by atoms with Crippen molar-refractivity contribution in [3.8, 4) is 11.5 Å². The van der Waals surface area contributed by atoms with E-state index in [4.69, 9.17) is 4.74 Å². The largest absolute Gasteiger partial charge is 0.490 e. The van der Waals surface area contributed by atoms with Crippen LogP contribution in [0.2, 0.25) is 0 Å². The van der Waals surface area contributed by atoms with E-state index in [-0.39, 0.29) is 24.2 Å². The van der Waals surface area contributed by atoms with Crippen LogP contribution in [0.3, 0.4) is 0 Å². The van der Waals surface area contributed by atoms with Gasteiger partial charge in [-0.2, -0.15) is 8.78 Å². The van der Waals surface area contributed by atoms with Gasteiger partial charge in [0.15, 0.2) is 11.5 Å². The molecule has 1 aliphatic rings. The van der Waals surface area contributed by atoms with Gasteiger partial charge >= 0.3 is 6.61 Å². The Balaban J connectivity index is 0.00000261. The number of hydrogen-bond donors (Lipinski definition) is 1. The molecular formula is C18H25ClF2N4O2. The van der Waals surface area contributed by atoms with Crippen molar-refractivity contribution in [2.75, 3.05) is 26.2 Å². The Hall–Kier alpha value is -1.90. The summed E-state index contributed by atoms with van der Waals surface area (Å²) in [6, 6.07) is 5.28. The van der Waals surface area contributed by atoms with E-state index < -0.39 is 6.61 Å². The molecule has 1 atom stereocenters. The van der Waals surface area contributed by atoms with Crippen LogP contribution in [0.15, 0.2) is 30.6 Å². The molecule has 2 heterocycles. The molecule has 0 spiro atoms. The Morgan fingerprint density at radius 2 is 2.15 bits per heavy atom. The highest BCUT2D eigenvalue weighted by Crippen LogP contribution is 2.31. The monoisotopic (exact) mass is 402 g/mol. The number of imidazole rings is 1. The molecule has 2 aromatic rings. The topological polar surface area (TPSA) is 51.5 Å². The van der Waals surface area contributed by atoms with Gasteiger partial charge in [0.1, 0.15) is 5.82 Å². The van der Waals surface area contributed by atoms with Crippen LogP contribution in [0.1, 0.15) is 24.4 Å². The lowest BCUT2D eigenvalue weighted by atomic mass is 10.1. The van der Waals surface area contributed by atoms with Crippen LogP contribution < -0.4 is 14.8 Å². The number of halogens is 3. The molecule has 6 nitrogen and oxygen atoms in total. The van der Waals surface area contributed by atoms with Crippen LogP contribution in [0.5, 0.6) is 11.5 Å². The molecular weight excluding hydrogens is 378 g/mol. The Labute approximate surface area is 163 Å². The van der Waals surface area contributed by atoms with Crippen LogP contribution in [0.25, 0.3) is 0 Å². The van der Waals surface area contributed by atoms with E-state index in [0.29, 0.717) is 18.9 Å². The average Bonchev–Trinajstić information content (AvgIpc) is 3.03. The summed E-state index contributed by atoms with van der Waals surface area (Å²) in [6.07, 6.45) is 3.73. The first-order valence-corrected chi connectivity index (χ1v) is 8.71. The number of nitrogens with one attached hydrogen (secondary N) is 1. The second-order valence-electron chi connectivity index (χ2n) is 6.18. The maximum atomic E-state index is 12.6. The third-order valence-electron chi connectivity index (χ3n) is 4.42. The van der Waals surface area contributed by atoms with E-state index in [9.17, 15) is 8.78 Å². The lowest BCUT2D eigenvalue weighted by Crippen LogP contribution is -2.46. The van der Waals surface area contributed by atoms with E-state index in [1.807, 2.05) is 24.7 Å². The fraction of sp³-hybridized carbons (Fsp3) is 0.500. The van der Waals surface area contributed by atoms with E-state index in [2.05, 4.69) is 19.9 Å². The Bertz CT molecular complexity index is 729. The van der Waals surface area contributed by atoms with E-state index in [0.717, 1.165) is 31.0 Å². The first-order chi connectivity index (χ1) is 12.6. The molecule has 0 amide bonds. The van der Waals surface area contributed by atoms with Crippen molar-refractivity contribution in [2.24, 2.45) is 7.05 Å². The molecule has 150 valence electrons. The standard InChI is InChI=1S/C18H24F2N4O2.ClH/c1-3-25-16-10-13(4-5-15(16)26-18(19)20)12-24-9-6-21-11-14(24)17-22-7-8-23(17)2;/h4-5,7-8,10,14,18,21H,3,6,9,11-12H2,1-2H3;1H. The summed E-state index contributed by atoms with van der Waals surface area (Å²) < 4.78 is 37.2. The van der Waals surface area contributed by atoms with Gasteiger partial charge in [0.05, 0.1) is 12.6 Å². The first kappa shape index (κ1) is 21.4. The molecule has 1 unspecified atom stereocenters. The fourth-order valence-corrected chi connectivity index (χ4v) is 3.24. The lowest BCUT2D eigenvalue weighted by molar-refractivity contribution is -0.0514. The second-order valence-corrected chi connectivity index (χ2v) is 6.18. The zero-order chi connectivity index (χ0) is 18.5. The molecule has 1 N–H and O–H groups in total. The zero-order valence-corrected chi connectivity index (χ0v) is 16.2. The number of aromatic nitrogens is 2. The summed E-state index contributed by atoms with van der Waals surface area (Å²) in [7, 11) is 1.98. The smallest absolute Gasteiger partial charge is 0.387 e. The Morgan fingerprint density at radius 3 is 2.81 bits per heavy atom. The summed E-state index contributed by atoms with van der Waals surface area (Å²) in [5, 5.41) is 3.41. The molecule has 0 aliphatic carbocycles. The van der Waals surface area contributed by atoms with Gasteiger partial charge < -0.3 is 19.4 Å². The minimum Gasteiger partial charge on any atom is -0.490 e. The summed E-state index contributed by atoms with van der Waals surface area (Å²) in [5.41, 5.74) is 0.983. The molecule has 0 bridgehead atoms. The predicted octanol–water partition coefficient (Wildman–Crippen LogP) is 2.99. The second kappa shape index (κ2) is 9.87. The number of benzene rings is 1. The molecule has 27 heavy (non-hydrogen) atoms.